The number of carboxylic acids is 1. The lowest BCUT2D eigenvalue weighted by Gasteiger charge is -2.49. The lowest BCUT2D eigenvalue weighted by atomic mass is 10.0. The minimum Gasteiger partial charge on any atom is -0.493 e. The van der Waals surface area contributed by atoms with Gasteiger partial charge >= 0.3 is 5.97 Å². The molecule has 0 saturated carbocycles. The number of rotatable bonds is 10. The molecule has 1 N–H and O–H groups in total. The lowest BCUT2D eigenvalue weighted by Crippen LogP contribution is -2.67. The number of carbonyl (C=O) groups is 1. The smallest absolute Gasteiger partial charge is 0.303 e. The van der Waals surface area contributed by atoms with Crippen LogP contribution in [0.15, 0.2) is 78.9 Å². The van der Waals surface area contributed by atoms with E-state index in [-0.39, 0.29) is 17.0 Å². The molecule has 0 spiro atoms. The zero-order valence-corrected chi connectivity index (χ0v) is 21.9. The molecule has 0 heterocycles. The third-order valence-electron chi connectivity index (χ3n) is 6.92. The van der Waals surface area contributed by atoms with Crippen LogP contribution in [0.2, 0.25) is 10.6 Å². The van der Waals surface area contributed by atoms with Crippen LogP contribution in [-0.4, -0.2) is 33.4 Å². The van der Waals surface area contributed by atoms with Gasteiger partial charge in [0.1, 0.15) is 8.07 Å². The maximum atomic E-state index is 12.3. The Morgan fingerprint density at radius 2 is 1.41 bits per heavy atom. The van der Waals surface area contributed by atoms with E-state index in [0.717, 1.165) is 17.7 Å². The molecule has 0 fully saturated rings. The van der Waals surface area contributed by atoms with Crippen molar-refractivity contribution in [3.05, 3.63) is 84.4 Å². The van der Waals surface area contributed by atoms with Crippen LogP contribution in [0.25, 0.3) is 0 Å². The van der Waals surface area contributed by atoms with E-state index >= 15 is 0 Å². The molecular weight excluding hydrogens is 440 g/mol. The van der Waals surface area contributed by atoms with Crippen LogP contribution in [0.5, 0.6) is 11.5 Å². The summed E-state index contributed by atoms with van der Waals surface area (Å²) in [4.78, 5) is 12.3. The lowest BCUT2D eigenvalue weighted by molar-refractivity contribution is -0.137. The fourth-order valence-electron chi connectivity index (χ4n) is 5.68. The molecule has 0 bridgehead atoms. The average molecular weight is 477 g/mol. The molecule has 5 heteroatoms. The summed E-state index contributed by atoms with van der Waals surface area (Å²) in [7, 11) is 0.689. The molecule has 34 heavy (non-hydrogen) atoms. The van der Waals surface area contributed by atoms with Gasteiger partial charge < -0.3 is 14.6 Å². The molecule has 4 nitrogen and oxygen atoms in total. The van der Waals surface area contributed by atoms with E-state index in [1.165, 1.54) is 10.4 Å². The summed E-state index contributed by atoms with van der Waals surface area (Å²) >= 11 is 0. The summed E-state index contributed by atoms with van der Waals surface area (Å²) in [5, 5.41) is 12.5. The highest BCUT2D eigenvalue weighted by Gasteiger charge is 2.53. The van der Waals surface area contributed by atoms with Crippen molar-refractivity contribution < 1.29 is 19.4 Å². The van der Waals surface area contributed by atoms with Gasteiger partial charge in [0, 0.05) is 6.42 Å². The van der Waals surface area contributed by atoms with E-state index in [1.807, 2.05) is 30.3 Å². The fourth-order valence-corrected chi connectivity index (χ4v) is 12.4. The van der Waals surface area contributed by atoms with E-state index in [0.29, 0.717) is 12.2 Å². The molecule has 0 radical (unpaired) electrons. The molecular formula is C29H36O4Si. The Morgan fingerprint density at radius 1 is 0.853 bits per heavy atom. The maximum absolute atomic E-state index is 12.3. The molecule has 3 aromatic carbocycles. The minimum atomic E-state index is -2.60. The Labute approximate surface area is 204 Å². The van der Waals surface area contributed by atoms with E-state index in [9.17, 15) is 9.90 Å². The number of methoxy groups -OCH3 is 2. The Kier molecular flexibility index (Phi) is 8.21. The normalized spacial score (nSPS) is 12.7. The van der Waals surface area contributed by atoms with Crippen molar-refractivity contribution in [1.29, 1.82) is 0 Å². The van der Waals surface area contributed by atoms with Crippen LogP contribution in [0.1, 0.15) is 39.2 Å². The summed E-state index contributed by atoms with van der Waals surface area (Å²) in [6.45, 7) is 6.83. The summed E-state index contributed by atoms with van der Waals surface area (Å²) in [5.41, 5.74) is 1.01. The van der Waals surface area contributed by atoms with Crippen LogP contribution < -0.4 is 19.8 Å². The Morgan fingerprint density at radius 3 is 1.85 bits per heavy atom. The standard InChI is InChI=1S/C29H36O4Si/c1-29(2,3)34(23-14-8-6-9-15-23,24-16-10-7-11-17-24)25(21-27(30)31)20-19-22-13-12-18-26(32-4)28(22)33-5/h6-18,25H,19-21H2,1-5H3,(H,30,31)/t25-/m1/s1. The summed E-state index contributed by atoms with van der Waals surface area (Å²) < 4.78 is 11.2. The van der Waals surface area contributed by atoms with E-state index in [1.54, 1.807) is 14.2 Å². The third kappa shape index (κ3) is 5.04. The van der Waals surface area contributed by atoms with Crippen molar-refractivity contribution in [2.45, 2.75) is 50.6 Å². The van der Waals surface area contributed by atoms with Crippen LogP contribution in [0.3, 0.4) is 0 Å². The number of ether oxygens (including phenoxy) is 2. The Bertz CT molecular complexity index is 1030. The molecule has 0 aliphatic heterocycles. The van der Waals surface area contributed by atoms with Crippen molar-refractivity contribution >= 4 is 24.4 Å². The molecule has 180 valence electrons. The highest BCUT2D eigenvalue weighted by atomic mass is 28.3. The molecule has 0 aliphatic carbocycles. The van der Waals surface area contributed by atoms with Gasteiger partial charge in [0.2, 0.25) is 0 Å². The second kappa shape index (κ2) is 10.9. The minimum absolute atomic E-state index is 0.0225. The first-order valence-electron chi connectivity index (χ1n) is 11.8. The van der Waals surface area contributed by atoms with Crippen molar-refractivity contribution in [2.24, 2.45) is 0 Å². The Balaban J connectivity index is 2.19. The van der Waals surface area contributed by atoms with Crippen LogP contribution in [-0.2, 0) is 11.2 Å². The van der Waals surface area contributed by atoms with Gasteiger partial charge in [0.15, 0.2) is 11.5 Å². The molecule has 0 aromatic heterocycles. The first kappa shape index (κ1) is 25.6. The van der Waals surface area contributed by atoms with Crippen molar-refractivity contribution in [2.75, 3.05) is 14.2 Å². The van der Waals surface area contributed by atoms with Gasteiger partial charge in [0.05, 0.1) is 14.2 Å². The highest BCUT2D eigenvalue weighted by molar-refractivity contribution is 7.05. The van der Waals surface area contributed by atoms with Crippen molar-refractivity contribution in [3.63, 3.8) is 0 Å². The predicted octanol–water partition coefficient (Wildman–Crippen LogP) is 5.54. The molecule has 0 unspecified atom stereocenters. The van der Waals surface area contributed by atoms with Crippen molar-refractivity contribution in [1.82, 2.24) is 0 Å². The van der Waals surface area contributed by atoms with Gasteiger partial charge in [-0.1, -0.05) is 104 Å². The van der Waals surface area contributed by atoms with Crippen LogP contribution in [0, 0.1) is 0 Å². The largest absolute Gasteiger partial charge is 0.493 e. The SMILES string of the molecule is COc1cccc(CC[C@H](CC(=O)O)[Si](c2ccccc2)(c2ccccc2)C(C)(C)C)c1OC. The zero-order chi connectivity index (χ0) is 24.8. The predicted molar refractivity (Wildman–Crippen MR) is 141 cm³/mol. The van der Waals surface area contributed by atoms with Gasteiger partial charge in [-0.3, -0.25) is 4.79 Å². The first-order chi connectivity index (χ1) is 16.3. The number of benzene rings is 3. The third-order valence-corrected chi connectivity index (χ3v) is 13.5. The van der Waals surface area contributed by atoms with Gasteiger partial charge in [-0.25, -0.2) is 0 Å². The van der Waals surface area contributed by atoms with Gasteiger partial charge in [0.25, 0.3) is 0 Å². The van der Waals surface area contributed by atoms with Gasteiger partial charge in [-0.2, -0.15) is 0 Å². The highest BCUT2D eigenvalue weighted by Crippen LogP contribution is 2.47. The number of hydrogen-bond acceptors (Lipinski definition) is 3. The Hall–Kier alpha value is -3.05. The average Bonchev–Trinajstić information content (AvgIpc) is 2.82. The summed E-state index contributed by atoms with van der Waals surface area (Å²) in [6, 6.07) is 27.1. The van der Waals surface area contributed by atoms with Crippen LogP contribution in [0.4, 0.5) is 0 Å². The second-order valence-electron chi connectivity index (χ2n) is 9.78. The topological polar surface area (TPSA) is 55.8 Å². The monoisotopic (exact) mass is 476 g/mol. The van der Waals surface area contributed by atoms with E-state index in [4.69, 9.17) is 9.47 Å². The maximum Gasteiger partial charge on any atom is 0.303 e. The number of aryl methyl sites for hydroxylation is 1. The number of para-hydroxylation sites is 1. The second-order valence-corrected chi connectivity index (χ2v) is 14.9. The first-order valence-corrected chi connectivity index (χ1v) is 13.9. The van der Waals surface area contributed by atoms with Crippen molar-refractivity contribution in [3.8, 4) is 11.5 Å². The molecule has 0 aliphatic rings. The molecule has 0 saturated heterocycles. The number of hydrogen-bond donors (Lipinski definition) is 1. The van der Waals surface area contributed by atoms with E-state index in [2.05, 4.69) is 69.3 Å². The van der Waals surface area contributed by atoms with Crippen LogP contribution >= 0.6 is 0 Å². The summed E-state index contributed by atoms with van der Waals surface area (Å²) in [5.74, 6) is 0.664. The molecule has 3 aromatic rings. The molecule has 0 amide bonds. The number of carboxylic acid groups (broad SMARTS) is 1. The van der Waals surface area contributed by atoms with E-state index < -0.39 is 14.0 Å². The fraction of sp³-hybridized carbons (Fsp3) is 0.345. The summed E-state index contributed by atoms with van der Waals surface area (Å²) in [6.07, 6.45) is 1.57. The molecule has 1 atom stereocenters. The van der Waals surface area contributed by atoms with Gasteiger partial charge in [-0.05, 0) is 35.1 Å². The zero-order valence-electron chi connectivity index (χ0n) is 20.9. The molecule has 3 rings (SSSR count). The number of aliphatic carboxylic acids is 1. The van der Waals surface area contributed by atoms with Gasteiger partial charge in [-0.15, -0.1) is 0 Å². The quantitative estimate of drug-likeness (QED) is 0.390.